The first-order chi connectivity index (χ1) is 12.2. The second-order valence-electron chi connectivity index (χ2n) is 5.64. The number of benzene rings is 1. The Hall–Kier alpha value is -2.32. The van der Waals surface area contributed by atoms with Gasteiger partial charge < -0.3 is 24.3 Å². The Bertz CT molecular complexity index is 681. The molecule has 0 bridgehead atoms. The minimum Gasteiger partial charge on any atom is -0.493 e. The topological polar surface area (TPSA) is 77.6 Å². The number of hydrogen-bond acceptors (Lipinski definition) is 6. The molecule has 0 saturated carbocycles. The number of methoxy groups -OCH3 is 1. The maximum atomic E-state index is 14.3. The molecule has 0 radical (unpaired) electrons. The molecule has 1 fully saturated rings. The number of rotatable bonds is 8. The highest BCUT2D eigenvalue weighted by Gasteiger charge is 2.30. The summed E-state index contributed by atoms with van der Waals surface area (Å²) in [5.74, 6) is 1.21. The number of aromatic amines is 1. The van der Waals surface area contributed by atoms with E-state index in [1.807, 2.05) is 6.92 Å². The van der Waals surface area contributed by atoms with Crippen molar-refractivity contribution in [2.75, 3.05) is 26.9 Å². The first-order valence-electron chi connectivity index (χ1n) is 8.17. The molecule has 2 N–H and O–H groups in total. The molecule has 1 aromatic heterocycles. The van der Waals surface area contributed by atoms with Crippen molar-refractivity contribution in [2.24, 2.45) is 0 Å². The van der Waals surface area contributed by atoms with Crippen LogP contribution in [0.25, 0.3) is 0 Å². The Balaban J connectivity index is 1.65. The number of halogens is 1. The van der Waals surface area contributed by atoms with Crippen molar-refractivity contribution in [3.05, 3.63) is 35.9 Å². The summed E-state index contributed by atoms with van der Waals surface area (Å²) in [6.07, 6.45) is 3.12. The smallest absolute Gasteiger partial charge is 0.163 e. The SMILES string of the molecule is CCOc1cc(CN[C@H]2COC[C@H]2Oc2cn[nH]c2)c(F)cc1OC. The lowest BCUT2D eigenvalue weighted by molar-refractivity contribution is 0.139. The second kappa shape index (κ2) is 8.17. The predicted octanol–water partition coefficient (Wildman–Crippen LogP) is 1.89. The fourth-order valence-corrected chi connectivity index (χ4v) is 2.70. The van der Waals surface area contributed by atoms with Crippen LogP contribution in [0.1, 0.15) is 12.5 Å². The Kier molecular flexibility index (Phi) is 5.72. The van der Waals surface area contributed by atoms with Crippen LogP contribution in [0.2, 0.25) is 0 Å². The average molecular weight is 351 g/mol. The van der Waals surface area contributed by atoms with Gasteiger partial charge in [0, 0.05) is 18.2 Å². The van der Waals surface area contributed by atoms with Gasteiger partial charge in [-0.15, -0.1) is 0 Å². The third-order valence-electron chi connectivity index (χ3n) is 3.98. The van der Waals surface area contributed by atoms with Gasteiger partial charge >= 0.3 is 0 Å². The molecule has 136 valence electrons. The Morgan fingerprint density at radius 1 is 1.36 bits per heavy atom. The third-order valence-corrected chi connectivity index (χ3v) is 3.98. The van der Waals surface area contributed by atoms with Crippen LogP contribution in [0.4, 0.5) is 4.39 Å². The highest BCUT2D eigenvalue weighted by Crippen LogP contribution is 2.30. The molecule has 0 aliphatic carbocycles. The molecule has 0 unspecified atom stereocenters. The van der Waals surface area contributed by atoms with Crippen molar-refractivity contribution in [3.8, 4) is 17.2 Å². The molecule has 3 rings (SSSR count). The zero-order valence-corrected chi connectivity index (χ0v) is 14.3. The van der Waals surface area contributed by atoms with Crippen molar-refractivity contribution in [2.45, 2.75) is 25.6 Å². The number of hydrogen-bond donors (Lipinski definition) is 2. The number of nitrogens with one attached hydrogen (secondary N) is 2. The van der Waals surface area contributed by atoms with Gasteiger partial charge in [0.2, 0.25) is 0 Å². The summed E-state index contributed by atoms with van der Waals surface area (Å²) in [5.41, 5.74) is 0.498. The zero-order valence-electron chi connectivity index (χ0n) is 14.3. The van der Waals surface area contributed by atoms with Crippen LogP contribution in [0.3, 0.4) is 0 Å². The summed E-state index contributed by atoms with van der Waals surface area (Å²) in [6, 6.07) is 2.95. The van der Waals surface area contributed by atoms with Gasteiger partial charge in [-0.25, -0.2) is 4.39 Å². The normalized spacial score (nSPS) is 19.8. The third kappa shape index (κ3) is 4.21. The molecule has 1 aliphatic rings. The van der Waals surface area contributed by atoms with Gasteiger partial charge in [0.15, 0.2) is 17.2 Å². The van der Waals surface area contributed by atoms with E-state index in [1.165, 1.54) is 13.2 Å². The molecular weight excluding hydrogens is 329 g/mol. The fraction of sp³-hybridized carbons (Fsp3) is 0.471. The average Bonchev–Trinajstić information content (AvgIpc) is 3.27. The van der Waals surface area contributed by atoms with Crippen molar-refractivity contribution >= 4 is 0 Å². The molecule has 25 heavy (non-hydrogen) atoms. The van der Waals surface area contributed by atoms with Gasteiger partial charge in [0.05, 0.1) is 45.4 Å². The van der Waals surface area contributed by atoms with E-state index in [0.29, 0.717) is 49.2 Å². The molecule has 8 heteroatoms. The summed E-state index contributed by atoms with van der Waals surface area (Å²) in [7, 11) is 1.49. The van der Waals surface area contributed by atoms with Crippen LogP contribution in [-0.4, -0.2) is 49.3 Å². The predicted molar refractivity (Wildman–Crippen MR) is 88.6 cm³/mol. The first kappa shape index (κ1) is 17.5. The minimum atomic E-state index is -0.348. The lowest BCUT2D eigenvalue weighted by Gasteiger charge is -2.20. The number of nitrogens with zero attached hydrogens (tertiary/aromatic N) is 1. The molecule has 0 spiro atoms. The molecule has 2 atom stereocenters. The van der Waals surface area contributed by atoms with E-state index < -0.39 is 0 Å². The lowest BCUT2D eigenvalue weighted by atomic mass is 10.1. The highest BCUT2D eigenvalue weighted by atomic mass is 19.1. The van der Waals surface area contributed by atoms with E-state index in [4.69, 9.17) is 18.9 Å². The number of aromatic nitrogens is 2. The highest BCUT2D eigenvalue weighted by molar-refractivity contribution is 5.43. The maximum Gasteiger partial charge on any atom is 0.163 e. The second-order valence-corrected chi connectivity index (χ2v) is 5.64. The fourth-order valence-electron chi connectivity index (χ4n) is 2.70. The van der Waals surface area contributed by atoms with E-state index in [9.17, 15) is 4.39 Å². The monoisotopic (exact) mass is 351 g/mol. The summed E-state index contributed by atoms with van der Waals surface area (Å²) < 4.78 is 36.2. The molecule has 2 aromatic rings. The van der Waals surface area contributed by atoms with Crippen LogP contribution in [0.5, 0.6) is 17.2 Å². The molecule has 1 aromatic carbocycles. The quantitative estimate of drug-likeness (QED) is 0.756. The standard InChI is InChI=1S/C17H22FN3O4/c1-3-24-16-4-11(13(18)5-15(16)22-2)6-19-14-9-23-10-17(14)25-12-7-20-21-8-12/h4-5,7-8,14,17,19H,3,6,9-10H2,1-2H3,(H,20,21)/t14-,17+/m0/s1. The van der Waals surface area contributed by atoms with Crippen LogP contribution < -0.4 is 19.5 Å². The molecule has 1 aliphatic heterocycles. The molecule has 2 heterocycles. The maximum absolute atomic E-state index is 14.3. The minimum absolute atomic E-state index is 0.0491. The van der Waals surface area contributed by atoms with Crippen LogP contribution in [0, 0.1) is 5.82 Å². The van der Waals surface area contributed by atoms with Gasteiger partial charge in [-0.05, 0) is 13.0 Å². The van der Waals surface area contributed by atoms with Gasteiger partial charge in [-0.2, -0.15) is 5.10 Å². The summed E-state index contributed by atoms with van der Waals surface area (Å²) >= 11 is 0. The van der Waals surface area contributed by atoms with Crippen LogP contribution >= 0.6 is 0 Å². The summed E-state index contributed by atoms with van der Waals surface area (Å²) in [5, 5.41) is 9.84. The largest absolute Gasteiger partial charge is 0.493 e. The van der Waals surface area contributed by atoms with E-state index in [2.05, 4.69) is 15.5 Å². The van der Waals surface area contributed by atoms with Crippen LogP contribution in [-0.2, 0) is 11.3 Å². The molecule has 7 nitrogen and oxygen atoms in total. The van der Waals surface area contributed by atoms with Crippen LogP contribution in [0.15, 0.2) is 24.5 Å². The van der Waals surface area contributed by atoms with Gasteiger partial charge in [0.1, 0.15) is 11.9 Å². The molecular formula is C17H22FN3O4. The summed E-state index contributed by atoms with van der Waals surface area (Å²) in [6.45, 7) is 3.65. The lowest BCUT2D eigenvalue weighted by Crippen LogP contribution is -2.41. The Morgan fingerprint density at radius 2 is 2.24 bits per heavy atom. The van der Waals surface area contributed by atoms with Gasteiger partial charge in [-0.3, -0.25) is 5.10 Å². The number of H-pyrrole nitrogens is 1. The van der Waals surface area contributed by atoms with Crippen molar-refractivity contribution < 1.29 is 23.3 Å². The Morgan fingerprint density at radius 3 is 2.96 bits per heavy atom. The first-order valence-corrected chi connectivity index (χ1v) is 8.17. The van der Waals surface area contributed by atoms with E-state index >= 15 is 0 Å². The molecule has 0 amide bonds. The molecule has 1 saturated heterocycles. The van der Waals surface area contributed by atoms with E-state index in [1.54, 1.807) is 18.5 Å². The van der Waals surface area contributed by atoms with E-state index in [-0.39, 0.29) is 18.0 Å². The van der Waals surface area contributed by atoms with Crippen molar-refractivity contribution in [1.29, 1.82) is 0 Å². The van der Waals surface area contributed by atoms with Crippen molar-refractivity contribution in [1.82, 2.24) is 15.5 Å². The summed E-state index contributed by atoms with van der Waals surface area (Å²) in [4.78, 5) is 0. The Labute approximate surface area is 145 Å². The van der Waals surface area contributed by atoms with Gasteiger partial charge in [0.25, 0.3) is 0 Å². The number of ether oxygens (including phenoxy) is 4. The zero-order chi connectivity index (χ0) is 17.6. The van der Waals surface area contributed by atoms with Crippen molar-refractivity contribution in [3.63, 3.8) is 0 Å². The van der Waals surface area contributed by atoms with E-state index in [0.717, 1.165) is 0 Å². The van der Waals surface area contributed by atoms with Gasteiger partial charge in [-0.1, -0.05) is 0 Å².